The first kappa shape index (κ1) is 12.7. The highest BCUT2D eigenvalue weighted by Gasteiger charge is 2.27. The monoisotopic (exact) mass is 266 g/mol. The smallest absolute Gasteiger partial charge is 0.229 e. The summed E-state index contributed by atoms with van der Waals surface area (Å²) in [7, 11) is 0. The molecule has 0 saturated heterocycles. The number of nitrogens with zero attached hydrogens (tertiary/aromatic N) is 1. The van der Waals surface area contributed by atoms with Gasteiger partial charge >= 0.3 is 0 Å². The first-order valence-electron chi connectivity index (χ1n) is 7.02. The van der Waals surface area contributed by atoms with E-state index in [2.05, 4.69) is 35.3 Å². The van der Waals surface area contributed by atoms with E-state index < -0.39 is 0 Å². The van der Waals surface area contributed by atoms with E-state index in [4.69, 9.17) is 0 Å². The number of hydrogen-bond acceptors (Lipinski definition) is 2. The summed E-state index contributed by atoms with van der Waals surface area (Å²) < 4.78 is 0. The second-order valence-corrected chi connectivity index (χ2v) is 5.06. The van der Waals surface area contributed by atoms with Crippen LogP contribution in [0.15, 0.2) is 54.6 Å². The van der Waals surface area contributed by atoms with Gasteiger partial charge in [-0.3, -0.25) is 4.79 Å². The van der Waals surface area contributed by atoms with Crippen molar-refractivity contribution in [3.8, 4) is 0 Å². The van der Waals surface area contributed by atoms with Crippen LogP contribution in [-0.4, -0.2) is 12.5 Å². The molecule has 1 atom stereocenters. The summed E-state index contributed by atoms with van der Waals surface area (Å²) in [5, 5.41) is 3.04. The molecular formula is C17H18N2O. The summed E-state index contributed by atoms with van der Waals surface area (Å²) in [6.45, 7) is 2.77. The molecule has 0 saturated carbocycles. The van der Waals surface area contributed by atoms with Crippen LogP contribution in [0.5, 0.6) is 0 Å². The summed E-state index contributed by atoms with van der Waals surface area (Å²) >= 11 is 0. The van der Waals surface area contributed by atoms with Gasteiger partial charge in [-0.1, -0.05) is 37.3 Å². The Morgan fingerprint density at radius 2 is 1.80 bits per heavy atom. The number of fused-ring (bicyclic) bond motifs is 1. The fourth-order valence-corrected chi connectivity index (χ4v) is 2.62. The van der Waals surface area contributed by atoms with Crippen molar-refractivity contribution in [2.45, 2.75) is 13.3 Å². The summed E-state index contributed by atoms with van der Waals surface area (Å²) in [6.07, 6.45) is 0.836. The molecule has 1 N–H and O–H groups in total. The van der Waals surface area contributed by atoms with Crippen molar-refractivity contribution in [2.24, 2.45) is 5.92 Å². The molecule has 1 aliphatic heterocycles. The summed E-state index contributed by atoms with van der Waals surface area (Å²) in [6, 6.07) is 18.2. The Balaban J connectivity index is 2.09. The van der Waals surface area contributed by atoms with Gasteiger partial charge in [0.15, 0.2) is 0 Å². The van der Waals surface area contributed by atoms with E-state index in [0.29, 0.717) is 6.54 Å². The van der Waals surface area contributed by atoms with Gasteiger partial charge in [-0.15, -0.1) is 0 Å². The quantitative estimate of drug-likeness (QED) is 0.896. The Bertz CT molecular complexity index is 609. The first-order valence-corrected chi connectivity index (χ1v) is 7.02. The van der Waals surface area contributed by atoms with Crippen molar-refractivity contribution < 1.29 is 4.79 Å². The Labute approximate surface area is 119 Å². The molecule has 0 spiro atoms. The predicted molar refractivity (Wildman–Crippen MR) is 82.3 cm³/mol. The number of anilines is 3. The Morgan fingerprint density at radius 3 is 2.55 bits per heavy atom. The van der Waals surface area contributed by atoms with Crippen LogP contribution >= 0.6 is 0 Å². The number of rotatable bonds is 2. The molecule has 1 heterocycles. The van der Waals surface area contributed by atoms with Gasteiger partial charge in [0.2, 0.25) is 5.91 Å². The summed E-state index contributed by atoms with van der Waals surface area (Å²) in [5.74, 6) is 0.112. The largest absolute Gasteiger partial charge is 0.339 e. The Morgan fingerprint density at radius 1 is 1.10 bits per heavy atom. The third kappa shape index (κ3) is 2.27. The first-order chi connectivity index (χ1) is 9.79. The molecule has 0 fully saturated rings. The van der Waals surface area contributed by atoms with Gasteiger partial charge in [-0.2, -0.15) is 0 Å². The molecule has 1 aliphatic rings. The van der Waals surface area contributed by atoms with Gasteiger partial charge in [-0.25, -0.2) is 0 Å². The van der Waals surface area contributed by atoms with E-state index in [1.54, 1.807) is 0 Å². The normalized spacial score (nSPS) is 18.1. The van der Waals surface area contributed by atoms with Crippen LogP contribution in [0.1, 0.15) is 13.3 Å². The van der Waals surface area contributed by atoms with Gasteiger partial charge < -0.3 is 10.2 Å². The number of nitrogens with one attached hydrogen (secondary N) is 1. The highest BCUT2D eigenvalue weighted by molar-refractivity contribution is 5.98. The summed E-state index contributed by atoms with van der Waals surface area (Å²) in [4.78, 5) is 14.5. The van der Waals surface area contributed by atoms with Crippen molar-refractivity contribution in [1.82, 2.24) is 0 Å². The van der Waals surface area contributed by atoms with E-state index >= 15 is 0 Å². The zero-order valence-corrected chi connectivity index (χ0v) is 11.5. The van der Waals surface area contributed by atoms with Crippen molar-refractivity contribution in [1.29, 1.82) is 0 Å². The van der Waals surface area contributed by atoms with E-state index in [1.807, 2.05) is 36.4 Å². The second-order valence-electron chi connectivity index (χ2n) is 5.06. The van der Waals surface area contributed by atoms with Crippen molar-refractivity contribution in [2.75, 3.05) is 16.8 Å². The highest BCUT2D eigenvalue weighted by Crippen LogP contribution is 2.35. The molecule has 0 aromatic heterocycles. The number of para-hydroxylation sites is 3. The minimum atomic E-state index is 0.00241. The zero-order valence-electron chi connectivity index (χ0n) is 11.5. The standard InChI is InChI=1S/C17H18N2O/c1-2-13-12-19(14-8-4-3-5-9-14)16-11-7-6-10-15(16)18-17(13)20/h3-11,13H,2,12H2,1H3,(H,18,20). The minimum Gasteiger partial charge on any atom is -0.339 e. The number of carbonyl (C=O) groups is 1. The van der Waals surface area contributed by atoms with Gasteiger partial charge in [0.1, 0.15) is 0 Å². The van der Waals surface area contributed by atoms with E-state index in [-0.39, 0.29) is 11.8 Å². The van der Waals surface area contributed by atoms with Crippen LogP contribution in [0.3, 0.4) is 0 Å². The Hall–Kier alpha value is -2.29. The second kappa shape index (κ2) is 5.37. The van der Waals surface area contributed by atoms with Gasteiger partial charge in [0.25, 0.3) is 0 Å². The molecule has 1 unspecified atom stereocenters. The summed E-state index contributed by atoms with van der Waals surface area (Å²) in [5.41, 5.74) is 3.07. The third-order valence-corrected chi connectivity index (χ3v) is 3.79. The Kier molecular flexibility index (Phi) is 3.42. The van der Waals surface area contributed by atoms with E-state index in [0.717, 1.165) is 23.5 Å². The molecule has 0 radical (unpaired) electrons. The molecule has 3 nitrogen and oxygen atoms in total. The molecule has 3 rings (SSSR count). The maximum absolute atomic E-state index is 12.2. The molecule has 20 heavy (non-hydrogen) atoms. The zero-order chi connectivity index (χ0) is 13.9. The van der Waals surface area contributed by atoms with Crippen molar-refractivity contribution in [3.63, 3.8) is 0 Å². The maximum atomic E-state index is 12.2. The van der Waals surface area contributed by atoms with Crippen molar-refractivity contribution in [3.05, 3.63) is 54.6 Å². The lowest BCUT2D eigenvalue weighted by molar-refractivity contribution is -0.119. The maximum Gasteiger partial charge on any atom is 0.229 e. The highest BCUT2D eigenvalue weighted by atomic mass is 16.2. The van der Waals surface area contributed by atoms with Crippen LogP contribution < -0.4 is 10.2 Å². The van der Waals surface area contributed by atoms with Crippen LogP contribution in [-0.2, 0) is 4.79 Å². The van der Waals surface area contributed by atoms with Crippen LogP contribution in [0.25, 0.3) is 0 Å². The predicted octanol–water partition coefficient (Wildman–Crippen LogP) is 3.80. The van der Waals surface area contributed by atoms with Crippen LogP contribution in [0, 0.1) is 5.92 Å². The number of carbonyl (C=O) groups excluding carboxylic acids is 1. The molecule has 2 aromatic rings. The molecule has 2 aromatic carbocycles. The van der Waals surface area contributed by atoms with Crippen LogP contribution in [0.4, 0.5) is 17.1 Å². The molecule has 3 heteroatoms. The van der Waals surface area contributed by atoms with Crippen LogP contribution in [0.2, 0.25) is 0 Å². The molecule has 0 aliphatic carbocycles. The fourth-order valence-electron chi connectivity index (χ4n) is 2.62. The van der Waals surface area contributed by atoms with E-state index in [9.17, 15) is 4.79 Å². The fraction of sp³-hybridized carbons (Fsp3) is 0.235. The molecule has 1 amide bonds. The topological polar surface area (TPSA) is 32.3 Å². The molecule has 0 bridgehead atoms. The SMILES string of the molecule is CCC1CN(c2ccccc2)c2ccccc2NC1=O. The van der Waals surface area contributed by atoms with Gasteiger partial charge in [0, 0.05) is 12.2 Å². The van der Waals surface area contributed by atoms with Gasteiger partial charge in [-0.05, 0) is 30.7 Å². The lowest BCUT2D eigenvalue weighted by atomic mass is 10.1. The number of amides is 1. The molecule has 102 valence electrons. The lowest BCUT2D eigenvalue weighted by Crippen LogP contribution is -2.29. The average Bonchev–Trinajstić information content (AvgIpc) is 2.64. The number of benzene rings is 2. The average molecular weight is 266 g/mol. The number of hydrogen-bond donors (Lipinski definition) is 1. The molecular weight excluding hydrogens is 248 g/mol. The lowest BCUT2D eigenvalue weighted by Gasteiger charge is -2.26. The van der Waals surface area contributed by atoms with Gasteiger partial charge in [0.05, 0.1) is 17.3 Å². The van der Waals surface area contributed by atoms with Crippen molar-refractivity contribution >= 4 is 23.0 Å². The third-order valence-electron chi connectivity index (χ3n) is 3.79. The van der Waals surface area contributed by atoms with E-state index in [1.165, 1.54) is 0 Å². The minimum absolute atomic E-state index is 0.00241.